The van der Waals surface area contributed by atoms with Gasteiger partial charge in [0, 0.05) is 17.6 Å². The molecule has 1 heterocycles. The molecular weight excluding hydrogens is 190 g/mol. The van der Waals surface area contributed by atoms with Crippen LogP contribution in [0.1, 0.15) is 0 Å². The van der Waals surface area contributed by atoms with E-state index in [1.807, 2.05) is 0 Å². The molecule has 1 aromatic heterocycles. The largest absolute Gasteiger partial charge is 0.508 e. The van der Waals surface area contributed by atoms with Crippen LogP contribution in [0.4, 0.5) is 0 Å². The summed E-state index contributed by atoms with van der Waals surface area (Å²) in [6.07, 6.45) is 1.50. The van der Waals surface area contributed by atoms with Crippen LogP contribution in [0.5, 0.6) is 11.5 Å². The molecule has 0 radical (unpaired) electrons. The van der Waals surface area contributed by atoms with Crippen molar-refractivity contribution >= 4 is 22.5 Å². The molecular formula is C9H6ClNO2. The summed E-state index contributed by atoms with van der Waals surface area (Å²) in [4.78, 5) is 3.94. The van der Waals surface area contributed by atoms with Crippen molar-refractivity contribution in [2.24, 2.45) is 0 Å². The number of fused-ring (bicyclic) bond motifs is 1. The van der Waals surface area contributed by atoms with E-state index in [0.29, 0.717) is 15.9 Å². The van der Waals surface area contributed by atoms with Crippen LogP contribution in [0.2, 0.25) is 5.02 Å². The number of benzene rings is 1. The average molecular weight is 196 g/mol. The number of aromatic hydroxyl groups is 2. The number of phenols is 2. The second kappa shape index (κ2) is 2.78. The van der Waals surface area contributed by atoms with Crippen molar-refractivity contribution in [3.8, 4) is 11.5 Å². The molecule has 0 aliphatic carbocycles. The Kier molecular flexibility index (Phi) is 1.74. The van der Waals surface area contributed by atoms with Gasteiger partial charge in [-0.3, -0.25) is 4.98 Å². The first kappa shape index (κ1) is 8.13. The van der Waals surface area contributed by atoms with Crippen LogP contribution < -0.4 is 0 Å². The van der Waals surface area contributed by atoms with Gasteiger partial charge in [-0.1, -0.05) is 11.6 Å². The zero-order chi connectivity index (χ0) is 9.42. The Hall–Kier alpha value is -1.48. The average Bonchev–Trinajstić information content (AvgIpc) is 2.07. The van der Waals surface area contributed by atoms with Gasteiger partial charge in [0.1, 0.15) is 17.0 Å². The summed E-state index contributed by atoms with van der Waals surface area (Å²) in [5.74, 6) is -0.0996. The molecule has 1 aromatic carbocycles. The monoisotopic (exact) mass is 195 g/mol. The van der Waals surface area contributed by atoms with Crippen LogP contribution >= 0.6 is 11.6 Å². The van der Waals surface area contributed by atoms with Gasteiger partial charge in [0.15, 0.2) is 0 Å². The minimum absolute atomic E-state index is 0.0279. The highest BCUT2D eigenvalue weighted by Crippen LogP contribution is 2.31. The molecule has 0 aliphatic rings. The van der Waals surface area contributed by atoms with Crippen LogP contribution in [0.15, 0.2) is 24.4 Å². The molecule has 2 N–H and O–H groups in total. The summed E-state index contributed by atoms with van der Waals surface area (Å²) >= 11 is 5.84. The van der Waals surface area contributed by atoms with Crippen molar-refractivity contribution in [3.63, 3.8) is 0 Å². The standard InChI is InChI=1S/C9H6ClNO2/c10-7-1-2-11-9-6(7)3-5(12)4-8(9)13/h1-4,12-13H. The molecule has 0 saturated heterocycles. The Morgan fingerprint density at radius 3 is 2.77 bits per heavy atom. The number of phenolic OH excluding ortho intramolecular Hbond substituents is 2. The van der Waals surface area contributed by atoms with Crippen LogP contribution in [0.25, 0.3) is 10.9 Å². The van der Waals surface area contributed by atoms with Crippen LogP contribution in [-0.4, -0.2) is 15.2 Å². The quantitative estimate of drug-likeness (QED) is 0.678. The Morgan fingerprint density at radius 1 is 1.23 bits per heavy atom. The molecule has 0 amide bonds. The van der Waals surface area contributed by atoms with Crippen molar-refractivity contribution < 1.29 is 10.2 Å². The summed E-state index contributed by atoms with van der Waals surface area (Å²) in [5, 5.41) is 19.6. The van der Waals surface area contributed by atoms with Gasteiger partial charge in [-0.2, -0.15) is 0 Å². The van der Waals surface area contributed by atoms with Gasteiger partial charge in [-0.15, -0.1) is 0 Å². The predicted octanol–water partition coefficient (Wildman–Crippen LogP) is 2.30. The summed E-state index contributed by atoms with van der Waals surface area (Å²) < 4.78 is 0. The number of pyridine rings is 1. The Balaban J connectivity index is 2.94. The molecule has 2 rings (SSSR count). The SMILES string of the molecule is Oc1cc(O)c2nccc(Cl)c2c1. The lowest BCUT2D eigenvalue weighted by molar-refractivity contribution is 0.454. The van der Waals surface area contributed by atoms with E-state index >= 15 is 0 Å². The predicted molar refractivity (Wildman–Crippen MR) is 50.1 cm³/mol. The molecule has 0 unspecified atom stereocenters. The number of hydrogen-bond acceptors (Lipinski definition) is 3. The molecule has 0 bridgehead atoms. The van der Waals surface area contributed by atoms with Crippen LogP contribution in [0.3, 0.4) is 0 Å². The molecule has 66 valence electrons. The minimum atomic E-state index is -0.0718. The first-order chi connectivity index (χ1) is 6.18. The van der Waals surface area contributed by atoms with Gasteiger partial charge >= 0.3 is 0 Å². The maximum absolute atomic E-state index is 9.40. The van der Waals surface area contributed by atoms with Gasteiger partial charge < -0.3 is 10.2 Å². The first-order valence-corrected chi connectivity index (χ1v) is 4.02. The normalized spacial score (nSPS) is 10.5. The molecule has 0 atom stereocenters. The third kappa shape index (κ3) is 1.27. The number of hydrogen-bond donors (Lipinski definition) is 2. The second-order valence-electron chi connectivity index (χ2n) is 2.65. The Morgan fingerprint density at radius 2 is 2.00 bits per heavy atom. The van der Waals surface area contributed by atoms with E-state index in [1.165, 1.54) is 18.3 Å². The van der Waals surface area contributed by atoms with Gasteiger partial charge in [-0.25, -0.2) is 0 Å². The lowest BCUT2D eigenvalue weighted by Gasteiger charge is -2.02. The van der Waals surface area contributed by atoms with Gasteiger partial charge in [0.2, 0.25) is 0 Å². The van der Waals surface area contributed by atoms with Crippen molar-refractivity contribution in [1.29, 1.82) is 0 Å². The molecule has 0 fully saturated rings. The zero-order valence-electron chi connectivity index (χ0n) is 6.53. The topological polar surface area (TPSA) is 53.4 Å². The fraction of sp³-hybridized carbons (Fsp3) is 0. The fourth-order valence-corrected chi connectivity index (χ4v) is 1.39. The summed E-state index contributed by atoms with van der Waals surface area (Å²) in [6.45, 7) is 0. The summed E-state index contributed by atoms with van der Waals surface area (Å²) in [5.41, 5.74) is 0.394. The molecule has 13 heavy (non-hydrogen) atoms. The van der Waals surface area contributed by atoms with Crippen molar-refractivity contribution in [2.75, 3.05) is 0 Å². The first-order valence-electron chi connectivity index (χ1n) is 3.64. The van der Waals surface area contributed by atoms with Gasteiger partial charge in [0.05, 0.1) is 5.02 Å². The highest BCUT2D eigenvalue weighted by atomic mass is 35.5. The Labute approximate surface area is 79.2 Å². The maximum Gasteiger partial charge on any atom is 0.145 e. The highest BCUT2D eigenvalue weighted by Gasteiger charge is 2.05. The van der Waals surface area contributed by atoms with Crippen molar-refractivity contribution in [3.05, 3.63) is 29.4 Å². The van der Waals surface area contributed by atoms with Crippen molar-refractivity contribution in [2.45, 2.75) is 0 Å². The van der Waals surface area contributed by atoms with Crippen LogP contribution in [-0.2, 0) is 0 Å². The molecule has 4 heteroatoms. The number of aromatic nitrogens is 1. The smallest absolute Gasteiger partial charge is 0.145 e. The summed E-state index contributed by atoms with van der Waals surface area (Å²) in [7, 11) is 0. The van der Waals surface area contributed by atoms with Crippen LogP contribution in [0, 0.1) is 0 Å². The van der Waals surface area contributed by atoms with E-state index in [9.17, 15) is 10.2 Å². The third-order valence-corrected chi connectivity index (χ3v) is 2.09. The molecule has 2 aromatic rings. The van der Waals surface area contributed by atoms with E-state index in [0.717, 1.165) is 0 Å². The molecule has 3 nitrogen and oxygen atoms in total. The van der Waals surface area contributed by atoms with E-state index in [2.05, 4.69) is 4.98 Å². The number of halogens is 1. The fourth-order valence-electron chi connectivity index (χ4n) is 1.19. The second-order valence-corrected chi connectivity index (χ2v) is 3.06. The minimum Gasteiger partial charge on any atom is -0.508 e. The molecule has 0 spiro atoms. The molecule has 0 aliphatic heterocycles. The van der Waals surface area contributed by atoms with E-state index in [1.54, 1.807) is 6.07 Å². The van der Waals surface area contributed by atoms with E-state index < -0.39 is 0 Å². The van der Waals surface area contributed by atoms with Crippen molar-refractivity contribution in [1.82, 2.24) is 4.98 Å². The zero-order valence-corrected chi connectivity index (χ0v) is 7.28. The maximum atomic E-state index is 9.40. The van der Waals surface area contributed by atoms with Gasteiger partial charge in [-0.05, 0) is 12.1 Å². The number of nitrogens with zero attached hydrogens (tertiary/aromatic N) is 1. The third-order valence-electron chi connectivity index (χ3n) is 1.76. The molecule has 0 saturated carbocycles. The van der Waals surface area contributed by atoms with E-state index in [4.69, 9.17) is 11.6 Å². The van der Waals surface area contributed by atoms with E-state index in [-0.39, 0.29) is 11.5 Å². The highest BCUT2D eigenvalue weighted by molar-refractivity contribution is 6.35. The lowest BCUT2D eigenvalue weighted by atomic mass is 10.2. The lowest BCUT2D eigenvalue weighted by Crippen LogP contribution is -1.80. The van der Waals surface area contributed by atoms with Gasteiger partial charge in [0.25, 0.3) is 0 Å². The summed E-state index contributed by atoms with van der Waals surface area (Å²) in [6, 6.07) is 4.29. The Bertz CT molecular complexity index is 470. The number of rotatable bonds is 0.